The summed E-state index contributed by atoms with van der Waals surface area (Å²) >= 11 is 17.1. The number of benzene rings is 1. The highest BCUT2D eigenvalue weighted by Crippen LogP contribution is 2.32. The van der Waals surface area contributed by atoms with E-state index in [2.05, 4.69) is 0 Å². The van der Waals surface area contributed by atoms with Crippen molar-refractivity contribution in [1.82, 2.24) is 0 Å². The predicted molar refractivity (Wildman–Crippen MR) is 60.1 cm³/mol. The summed E-state index contributed by atoms with van der Waals surface area (Å²) in [6.07, 6.45) is -0.157. The van der Waals surface area contributed by atoms with Gasteiger partial charge in [0, 0.05) is 0 Å². The average Bonchev–Trinajstić information content (AvgIpc) is 2.06. The maximum absolute atomic E-state index is 10.4. The Hall–Kier alpha value is -0.150. The highest BCUT2D eigenvalue weighted by molar-refractivity contribution is 6.48. The lowest BCUT2D eigenvalue weighted by molar-refractivity contribution is -0.136. The Kier molecular flexibility index (Phi) is 5.60. The molecule has 0 aliphatic heterocycles. The first kappa shape index (κ1) is 13.8. The zero-order chi connectivity index (χ0) is 10.0. The van der Waals surface area contributed by atoms with Gasteiger partial charge in [0.1, 0.15) is 0 Å². The van der Waals surface area contributed by atoms with Crippen LogP contribution in [0, 0.1) is 0 Å². The Balaban J connectivity index is 0.00000169. The molecule has 14 heavy (non-hydrogen) atoms. The predicted octanol–water partition coefficient (Wildman–Crippen LogP) is 3.70. The van der Waals surface area contributed by atoms with E-state index in [1.165, 1.54) is 6.07 Å². The zero-order valence-electron chi connectivity index (χ0n) is 6.76. The summed E-state index contributed by atoms with van der Waals surface area (Å²) < 4.78 is 0. The summed E-state index contributed by atoms with van der Waals surface area (Å²) in [7, 11) is 0. The summed E-state index contributed by atoms with van der Waals surface area (Å²) in [5.41, 5.74) is 0.462. The third kappa shape index (κ3) is 3.21. The molecule has 0 saturated heterocycles. The van der Waals surface area contributed by atoms with Gasteiger partial charge in [0.25, 0.3) is 0 Å². The van der Waals surface area contributed by atoms with Crippen LogP contribution in [0.2, 0.25) is 15.1 Å². The van der Waals surface area contributed by atoms with Gasteiger partial charge in [-0.1, -0.05) is 40.9 Å². The van der Waals surface area contributed by atoms with E-state index in [-0.39, 0.29) is 28.9 Å². The van der Waals surface area contributed by atoms with E-state index in [0.717, 1.165) is 0 Å². The molecular weight excluding hydrogens is 270 g/mol. The van der Waals surface area contributed by atoms with Gasteiger partial charge in [-0.3, -0.25) is 4.79 Å². The molecule has 0 atom stereocenters. The van der Waals surface area contributed by atoms with Crippen LogP contribution in [0.25, 0.3) is 0 Å². The summed E-state index contributed by atoms with van der Waals surface area (Å²) in [5.74, 6) is -0.958. The molecule has 0 saturated carbocycles. The fourth-order valence-corrected chi connectivity index (χ4v) is 1.49. The Morgan fingerprint density at radius 2 is 1.79 bits per heavy atom. The van der Waals surface area contributed by atoms with E-state index in [9.17, 15) is 4.79 Å². The standard InChI is InChI=1S/C8H5Cl3O2.ClH/c9-5-2-1-4(3-6(12)13)7(10)8(5)11;/h1-2H,3H2,(H,12,13);1H. The molecule has 0 aliphatic rings. The number of carboxylic acids is 1. The van der Waals surface area contributed by atoms with Crippen molar-refractivity contribution >= 4 is 53.2 Å². The van der Waals surface area contributed by atoms with Gasteiger partial charge in [0.15, 0.2) is 0 Å². The van der Waals surface area contributed by atoms with Gasteiger partial charge >= 0.3 is 5.97 Å². The molecule has 1 aromatic rings. The van der Waals surface area contributed by atoms with Crippen LogP contribution in [-0.2, 0) is 11.2 Å². The number of hydrogen-bond donors (Lipinski definition) is 1. The smallest absolute Gasteiger partial charge is 0.307 e. The van der Waals surface area contributed by atoms with Gasteiger partial charge in [-0.15, -0.1) is 12.4 Å². The van der Waals surface area contributed by atoms with Crippen molar-refractivity contribution in [2.24, 2.45) is 0 Å². The summed E-state index contributed by atoms with van der Waals surface area (Å²) in [6, 6.07) is 3.07. The van der Waals surface area contributed by atoms with Crippen LogP contribution in [0.5, 0.6) is 0 Å². The van der Waals surface area contributed by atoms with Crippen LogP contribution in [0.15, 0.2) is 12.1 Å². The van der Waals surface area contributed by atoms with Crippen LogP contribution < -0.4 is 0 Å². The number of carboxylic acid groups (broad SMARTS) is 1. The van der Waals surface area contributed by atoms with E-state index in [4.69, 9.17) is 39.9 Å². The molecule has 0 aromatic heterocycles. The third-order valence-corrected chi connectivity index (χ3v) is 2.79. The van der Waals surface area contributed by atoms with E-state index in [1.54, 1.807) is 6.07 Å². The lowest BCUT2D eigenvalue weighted by Crippen LogP contribution is -2.00. The number of rotatable bonds is 2. The van der Waals surface area contributed by atoms with Gasteiger partial charge in [0.05, 0.1) is 21.5 Å². The molecule has 0 bridgehead atoms. The van der Waals surface area contributed by atoms with Crippen molar-refractivity contribution in [3.63, 3.8) is 0 Å². The maximum atomic E-state index is 10.4. The van der Waals surface area contributed by atoms with Crippen molar-refractivity contribution in [2.45, 2.75) is 6.42 Å². The minimum atomic E-state index is -0.958. The van der Waals surface area contributed by atoms with E-state index in [0.29, 0.717) is 10.6 Å². The van der Waals surface area contributed by atoms with E-state index in [1.807, 2.05) is 0 Å². The Morgan fingerprint density at radius 1 is 1.21 bits per heavy atom. The molecule has 6 heteroatoms. The second kappa shape index (κ2) is 5.66. The Bertz CT molecular complexity index is 351. The van der Waals surface area contributed by atoms with Crippen LogP contribution in [-0.4, -0.2) is 11.1 Å². The topological polar surface area (TPSA) is 37.3 Å². The molecule has 78 valence electrons. The van der Waals surface area contributed by atoms with Gasteiger partial charge in [-0.2, -0.15) is 0 Å². The molecule has 0 spiro atoms. The van der Waals surface area contributed by atoms with E-state index >= 15 is 0 Å². The second-order valence-corrected chi connectivity index (χ2v) is 3.57. The highest BCUT2D eigenvalue weighted by Gasteiger charge is 2.10. The van der Waals surface area contributed by atoms with Crippen molar-refractivity contribution in [3.05, 3.63) is 32.8 Å². The fourth-order valence-electron chi connectivity index (χ4n) is 0.865. The average molecular weight is 276 g/mol. The molecule has 0 amide bonds. The SMILES string of the molecule is Cl.O=C(O)Cc1ccc(Cl)c(Cl)c1Cl. The number of halogens is 4. The lowest BCUT2D eigenvalue weighted by atomic mass is 10.1. The van der Waals surface area contributed by atoms with Gasteiger partial charge in [-0.05, 0) is 11.6 Å². The zero-order valence-corrected chi connectivity index (χ0v) is 9.84. The quantitative estimate of drug-likeness (QED) is 0.836. The molecule has 0 fully saturated rings. The first-order valence-electron chi connectivity index (χ1n) is 3.36. The first-order valence-corrected chi connectivity index (χ1v) is 4.50. The number of carbonyl (C=O) groups is 1. The second-order valence-electron chi connectivity index (χ2n) is 2.40. The van der Waals surface area contributed by atoms with Gasteiger partial charge in [-0.25, -0.2) is 0 Å². The molecular formula is C8H6Cl4O2. The maximum Gasteiger partial charge on any atom is 0.307 e. The van der Waals surface area contributed by atoms with Crippen molar-refractivity contribution in [1.29, 1.82) is 0 Å². The summed E-state index contributed by atoms with van der Waals surface area (Å²) in [6.45, 7) is 0. The van der Waals surface area contributed by atoms with E-state index < -0.39 is 5.97 Å². The van der Waals surface area contributed by atoms with Crippen LogP contribution in [0.3, 0.4) is 0 Å². The molecule has 1 N–H and O–H groups in total. The van der Waals surface area contributed by atoms with Crippen molar-refractivity contribution in [2.75, 3.05) is 0 Å². The molecule has 0 heterocycles. The lowest BCUT2D eigenvalue weighted by Gasteiger charge is -2.03. The van der Waals surface area contributed by atoms with Crippen LogP contribution in [0.4, 0.5) is 0 Å². The Morgan fingerprint density at radius 3 is 2.29 bits per heavy atom. The van der Waals surface area contributed by atoms with Gasteiger partial charge in [0.2, 0.25) is 0 Å². The fraction of sp³-hybridized carbons (Fsp3) is 0.125. The highest BCUT2D eigenvalue weighted by atomic mass is 35.5. The molecule has 0 unspecified atom stereocenters. The third-order valence-electron chi connectivity index (χ3n) is 1.46. The largest absolute Gasteiger partial charge is 0.481 e. The Labute approximate surface area is 102 Å². The van der Waals surface area contributed by atoms with Crippen molar-refractivity contribution in [3.8, 4) is 0 Å². The minimum absolute atomic E-state index is 0. The summed E-state index contributed by atoms with van der Waals surface area (Å²) in [4.78, 5) is 10.4. The van der Waals surface area contributed by atoms with Crippen molar-refractivity contribution < 1.29 is 9.90 Å². The molecule has 2 nitrogen and oxygen atoms in total. The molecule has 1 rings (SSSR count). The number of hydrogen-bond acceptors (Lipinski definition) is 1. The summed E-state index contributed by atoms with van der Waals surface area (Å²) in [5, 5.41) is 9.24. The monoisotopic (exact) mass is 274 g/mol. The first-order chi connectivity index (χ1) is 6.02. The number of aliphatic carboxylic acids is 1. The normalized spacial score (nSPS) is 9.36. The molecule has 0 radical (unpaired) electrons. The minimum Gasteiger partial charge on any atom is -0.481 e. The molecule has 1 aromatic carbocycles. The van der Waals surface area contributed by atoms with Crippen LogP contribution in [0.1, 0.15) is 5.56 Å². The van der Waals surface area contributed by atoms with Gasteiger partial charge < -0.3 is 5.11 Å². The van der Waals surface area contributed by atoms with Crippen LogP contribution >= 0.6 is 47.2 Å². The molecule has 0 aliphatic carbocycles.